The molecule has 0 saturated carbocycles. The van der Waals surface area contributed by atoms with Gasteiger partial charge in [0.1, 0.15) is 0 Å². The quantitative estimate of drug-likeness (QED) is 0.537. The van der Waals surface area contributed by atoms with E-state index in [0.29, 0.717) is 31.4 Å². The molecule has 1 aromatic carbocycles. The van der Waals surface area contributed by atoms with Crippen LogP contribution in [0.2, 0.25) is 0 Å². The Bertz CT molecular complexity index is 540. The van der Waals surface area contributed by atoms with Crippen LogP contribution in [0.3, 0.4) is 0 Å². The predicted molar refractivity (Wildman–Crippen MR) is 77.2 cm³/mol. The minimum absolute atomic E-state index is 0.0787. The van der Waals surface area contributed by atoms with E-state index >= 15 is 0 Å². The van der Waals surface area contributed by atoms with Gasteiger partial charge in [-0.2, -0.15) is 0 Å². The molecule has 0 aromatic heterocycles. The summed E-state index contributed by atoms with van der Waals surface area (Å²) in [6.45, 7) is 2.19. The predicted octanol–water partition coefficient (Wildman–Crippen LogP) is 1.72. The van der Waals surface area contributed by atoms with Crippen LogP contribution in [0.5, 0.6) is 0 Å². The van der Waals surface area contributed by atoms with Crippen molar-refractivity contribution in [2.24, 2.45) is 0 Å². The molecule has 0 aliphatic rings. The van der Waals surface area contributed by atoms with Crippen LogP contribution >= 0.6 is 0 Å². The highest BCUT2D eigenvalue weighted by Crippen LogP contribution is 2.13. The van der Waals surface area contributed by atoms with E-state index in [2.05, 4.69) is 4.72 Å². The molecule has 0 bridgehead atoms. The second-order valence-electron chi connectivity index (χ2n) is 4.49. The van der Waals surface area contributed by atoms with Gasteiger partial charge in [0.2, 0.25) is 10.0 Å². The summed E-state index contributed by atoms with van der Waals surface area (Å²) in [6, 6.07) is 6.07. The molecule has 112 valence electrons. The fourth-order valence-corrected chi connectivity index (χ4v) is 2.86. The third-order valence-corrected chi connectivity index (χ3v) is 4.37. The van der Waals surface area contributed by atoms with Gasteiger partial charge >= 0.3 is 0 Å². The zero-order valence-electron chi connectivity index (χ0n) is 11.6. The molecule has 1 rings (SSSR count). The SMILES string of the molecule is CCC(=O)c1cccc(S(=O)(=O)NCCCCCO)c1. The van der Waals surface area contributed by atoms with Crippen LogP contribution in [0.4, 0.5) is 0 Å². The van der Waals surface area contributed by atoms with Gasteiger partial charge in [-0.15, -0.1) is 0 Å². The molecule has 0 saturated heterocycles. The number of unbranched alkanes of at least 4 members (excludes halogenated alkanes) is 2. The number of carbonyl (C=O) groups excluding carboxylic acids is 1. The van der Waals surface area contributed by atoms with E-state index in [9.17, 15) is 13.2 Å². The van der Waals surface area contributed by atoms with Crippen LogP contribution in [0.1, 0.15) is 43.0 Å². The van der Waals surface area contributed by atoms with Crippen LogP contribution < -0.4 is 4.72 Å². The molecule has 20 heavy (non-hydrogen) atoms. The van der Waals surface area contributed by atoms with Gasteiger partial charge in [-0.3, -0.25) is 4.79 Å². The molecule has 0 aliphatic heterocycles. The molecule has 0 unspecified atom stereocenters. The Morgan fingerprint density at radius 1 is 1.25 bits per heavy atom. The number of hydrogen-bond donors (Lipinski definition) is 2. The first-order valence-corrected chi connectivity index (χ1v) is 8.23. The number of carbonyl (C=O) groups is 1. The lowest BCUT2D eigenvalue weighted by Gasteiger charge is -2.07. The first-order valence-electron chi connectivity index (χ1n) is 6.75. The lowest BCUT2D eigenvalue weighted by Crippen LogP contribution is -2.25. The summed E-state index contributed by atoms with van der Waals surface area (Å²) < 4.78 is 26.6. The monoisotopic (exact) mass is 299 g/mol. The molecule has 0 amide bonds. The number of aliphatic hydroxyl groups is 1. The second kappa shape index (κ2) is 8.14. The second-order valence-corrected chi connectivity index (χ2v) is 6.25. The van der Waals surface area contributed by atoms with Crippen molar-refractivity contribution < 1.29 is 18.3 Å². The van der Waals surface area contributed by atoms with Crippen molar-refractivity contribution >= 4 is 15.8 Å². The third-order valence-electron chi connectivity index (χ3n) is 2.91. The number of nitrogens with one attached hydrogen (secondary N) is 1. The number of sulfonamides is 1. The standard InChI is InChI=1S/C14H21NO4S/c1-2-14(17)12-7-6-8-13(11-12)20(18,19)15-9-4-3-5-10-16/h6-8,11,15-16H,2-5,9-10H2,1H3. The molecule has 1 aromatic rings. The summed E-state index contributed by atoms with van der Waals surface area (Å²) in [5.41, 5.74) is 0.413. The fraction of sp³-hybridized carbons (Fsp3) is 0.500. The van der Waals surface area contributed by atoms with Crippen LogP contribution in [0, 0.1) is 0 Å². The van der Waals surface area contributed by atoms with Crippen molar-refractivity contribution in [3.8, 4) is 0 Å². The molecule has 0 heterocycles. The average molecular weight is 299 g/mol. The molecular formula is C14H21NO4S. The Labute approximate surface area is 120 Å². The molecule has 2 N–H and O–H groups in total. The molecule has 0 spiro atoms. The zero-order chi connectivity index (χ0) is 15.0. The van der Waals surface area contributed by atoms with Gasteiger partial charge in [0.25, 0.3) is 0 Å². The molecular weight excluding hydrogens is 278 g/mol. The Morgan fingerprint density at radius 3 is 2.65 bits per heavy atom. The highest BCUT2D eigenvalue weighted by Gasteiger charge is 2.15. The maximum absolute atomic E-state index is 12.1. The first-order chi connectivity index (χ1) is 9.51. The summed E-state index contributed by atoms with van der Waals surface area (Å²) in [5.74, 6) is -0.0787. The Morgan fingerprint density at radius 2 is 2.00 bits per heavy atom. The number of ketones is 1. The summed E-state index contributed by atoms with van der Waals surface area (Å²) in [7, 11) is -3.58. The van der Waals surface area contributed by atoms with Crippen molar-refractivity contribution in [1.29, 1.82) is 0 Å². The number of benzene rings is 1. The molecule has 5 nitrogen and oxygen atoms in total. The van der Waals surface area contributed by atoms with Crippen LogP contribution in [0.15, 0.2) is 29.2 Å². The summed E-state index contributed by atoms with van der Waals surface area (Å²) in [5, 5.41) is 8.64. The van der Waals surface area contributed by atoms with E-state index < -0.39 is 10.0 Å². The van der Waals surface area contributed by atoms with Gasteiger partial charge in [0.05, 0.1) is 4.90 Å². The maximum Gasteiger partial charge on any atom is 0.240 e. The molecule has 0 radical (unpaired) electrons. The Hall–Kier alpha value is -1.24. The highest BCUT2D eigenvalue weighted by atomic mass is 32.2. The molecule has 6 heteroatoms. The van der Waals surface area contributed by atoms with E-state index in [4.69, 9.17) is 5.11 Å². The maximum atomic E-state index is 12.1. The van der Waals surface area contributed by atoms with E-state index in [1.54, 1.807) is 19.1 Å². The number of rotatable bonds is 9. The van der Waals surface area contributed by atoms with Crippen molar-refractivity contribution in [3.05, 3.63) is 29.8 Å². The minimum Gasteiger partial charge on any atom is -0.396 e. The normalized spacial score (nSPS) is 11.5. The fourth-order valence-electron chi connectivity index (χ4n) is 1.74. The van der Waals surface area contributed by atoms with Gasteiger partial charge in [0, 0.05) is 25.1 Å². The number of hydrogen-bond acceptors (Lipinski definition) is 4. The van der Waals surface area contributed by atoms with E-state index in [1.807, 2.05) is 0 Å². The third kappa shape index (κ3) is 5.03. The van der Waals surface area contributed by atoms with Crippen LogP contribution in [-0.4, -0.2) is 32.5 Å². The van der Waals surface area contributed by atoms with E-state index in [-0.39, 0.29) is 17.3 Å². The van der Waals surface area contributed by atoms with Crippen molar-refractivity contribution in [2.45, 2.75) is 37.5 Å². The smallest absolute Gasteiger partial charge is 0.240 e. The largest absolute Gasteiger partial charge is 0.396 e. The van der Waals surface area contributed by atoms with Crippen molar-refractivity contribution in [2.75, 3.05) is 13.2 Å². The van der Waals surface area contributed by atoms with E-state index in [1.165, 1.54) is 12.1 Å². The van der Waals surface area contributed by atoms with Crippen molar-refractivity contribution in [3.63, 3.8) is 0 Å². The topological polar surface area (TPSA) is 83.5 Å². The zero-order valence-corrected chi connectivity index (χ0v) is 12.4. The van der Waals surface area contributed by atoms with Gasteiger partial charge in [-0.1, -0.05) is 19.1 Å². The average Bonchev–Trinajstić information content (AvgIpc) is 2.46. The highest BCUT2D eigenvalue weighted by molar-refractivity contribution is 7.89. The summed E-state index contributed by atoms with van der Waals surface area (Å²) in [4.78, 5) is 11.7. The van der Waals surface area contributed by atoms with Crippen LogP contribution in [0.25, 0.3) is 0 Å². The van der Waals surface area contributed by atoms with E-state index in [0.717, 1.165) is 6.42 Å². The van der Waals surface area contributed by atoms with Gasteiger partial charge < -0.3 is 5.11 Å². The molecule has 0 atom stereocenters. The molecule has 0 aliphatic carbocycles. The van der Waals surface area contributed by atoms with Crippen molar-refractivity contribution in [1.82, 2.24) is 4.72 Å². The van der Waals surface area contributed by atoms with Gasteiger partial charge in [-0.25, -0.2) is 13.1 Å². The minimum atomic E-state index is -3.58. The number of aliphatic hydroxyl groups excluding tert-OH is 1. The van der Waals surface area contributed by atoms with Crippen LogP contribution in [-0.2, 0) is 10.0 Å². The Balaban J connectivity index is 2.70. The first kappa shape index (κ1) is 16.8. The van der Waals surface area contributed by atoms with Gasteiger partial charge in [-0.05, 0) is 31.4 Å². The lowest BCUT2D eigenvalue weighted by molar-refractivity contribution is 0.0988. The lowest BCUT2D eigenvalue weighted by atomic mass is 10.1. The summed E-state index contributed by atoms with van der Waals surface area (Å²) in [6.07, 6.45) is 2.46. The molecule has 0 fully saturated rings. The van der Waals surface area contributed by atoms with Gasteiger partial charge in [0.15, 0.2) is 5.78 Å². The summed E-state index contributed by atoms with van der Waals surface area (Å²) >= 11 is 0. The Kier molecular flexibility index (Phi) is 6.84. The number of Topliss-reactive ketones (excluding diaryl/α,β-unsaturated/α-hetero) is 1.